The van der Waals surface area contributed by atoms with Crippen molar-refractivity contribution in [2.45, 2.75) is 32.4 Å². The fourth-order valence-corrected chi connectivity index (χ4v) is 4.28. The Morgan fingerprint density at radius 3 is 2.24 bits per heavy atom. The molecule has 1 aliphatic heterocycles. The Morgan fingerprint density at radius 1 is 0.909 bits per heavy atom. The maximum Gasteiger partial charge on any atom is 0.343 e. The number of ketones is 1. The van der Waals surface area contributed by atoms with Crippen molar-refractivity contribution in [2.75, 3.05) is 33.4 Å². The summed E-state index contributed by atoms with van der Waals surface area (Å²) in [5.41, 5.74) is 2.71. The maximum absolute atomic E-state index is 13.0. The highest BCUT2D eigenvalue weighted by Gasteiger charge is 2.16. The van der Waals surface area contributed by atoms with Gasteiger partial charge in [0.2, 0.25) is 5.62 Å². The molecule has 1 aromatic heterocycles. The Hall–Kier alpha value is -3.39. The SMILES string of the molecule is COC(=O)COc1ccc(C(=O)Cn2c(=N)n(CCN3CCCCC3)c3ccccc32)cc1. The van der Waals surface area contributed by atoms with Crippen molar-refractivity contribution in [1.29, 1.82) is 5.41 Å². The number of esters is 1. The summed E-state index contributed by atoms with van der Waals surface area (Å²) < 4.78 is 13.7. The highest BCUT2D eigenvalue weighted by Crippen LogP contribution is 2.17. The average Bonchev–Trinajstić information content (AvgIpc) is 3.12. The Balaban J connectivity index is 1.50. The van der Waals surface area contributed by atoms with E-state index in [1.54, 1.807) is 28.8 Å². The molecule has 1 aliphatic rings. The van der Waals surface area contributed by atoms with E-state index in [2.05, 4.69) is 9.64 Å². The first-order valence-electron chi connectivity index (χ1n) is 11.3. The van der Waals surface area contributed by atoms with Gasteiger partial charge in [-0.1, -0.05) is 18.6 Å². The monoisotopic (exact) mass is 450 g/mol. The first-order chi connectivity index (χ1) is 16.1. The normalized spacial score (nSPS) is 14.3. The van der Waals surface area contributed by atoms with Crippen LogP contribution in [0.3, 0.4) is 0 Å². The number of Topliss-reactive ketones (excluding diaryl/α,β-unsaturated/α-hetero) is 1. The maximum atomic E-state index is 13.0. The van der Waals surface area contributed by atoms with E-state index >= 15 is 0 Å². The number of methoxy groups -OCH3 is 1. The van der Waals surface area contributed by atoms with Crippen LogP contribution in [0.2, 0.25) is 0 Å². The first kappa shape index (κ1) is 22.8. The molecule has 1 N–H and O–H groups in total. The molecule has 2 heterocycles. The van der Waals surface area contributed by atoms with Gasteiger partial charge in [-0.25, -0.2) is 4.79 Å². The van der Waals surface area contributed by atoms with Gasteiger partial charge in [0, 0.05) is 18.7 Å². The number of likely N-dealkylation sites (tertiary alicyclic amines) is 1. The van der Waals surface area contributed by atoms with Gasteiger partial charge in [-0.2, -0.15) is 0 Å². The quantitative estimate of drug-likeness (QED) is 0.400. The summed E-state index contributed by atoms with van der Waals surface area (Å²) in [5, 5.41) is 8.79. The summed E-state index contributed by atoms with van der Waals surface area (Å²) in [7, 11) is 1.30. The molecule has 4 rings (SSSR count). The van der Waals surface area contributed by atoms with Crippen LogP contribution in [0.5, 0.6) is 5.75 Å². The number of hydrogen-bond donors (Lipinski definition) is 1. The number of ether oxygens (including phenoxy) is 2. The number of carbonyl (C=O) groups excluding carboxylic acids is 2. The van der Waals surface area contributed by atoms with Gasteiger partial charge in [-0.3, -0.25) is 10.2 Å². The molecular formula is C25H30N4O4. The molecule has 0 unspecified atom stereocenters. The zero-order valence-corrected chi connectivity index (χ0v) is 19.0. The Morgan fingerprint density at radius 2 is 1.58 bits per heavy atom. The van der Waals surface area contributed by atoms with E-state index in [1.165, 1.54) is 26.4 Å². The fraction of sp³-hybridized carbons (Fsp3) is 0.400. The Labute approximate surface area is 192 Å². The number of carbonyl (C=O) groups is 2. The lowest BCUT2D eigenvalue weighted by Crippen LogP contribution is -2.35. The minimum Gasteiger partial charge on any atom is -0.482 e. The van der Waals surface area contributed by atoms with Crippen molar-refractivity contribution in [3.05, 3.63) is 59.7 Å². The van der Waals surface area contributed by atoms with Crippen molar-refractivity contribution in [3.63, 3.8) is 0 Å². The average molecular weight is 451 g/mol. The number of hydrogen-bond acceptors (Lipinski definition) is 6. The number of rotatable bonds is 9. The summed E-state index contributed by atoms with van der Waals surface area (Å²) in [6, 6.07) is 14.5. The molecule has 174 valence electrons. The second-order valence-corrected chi connectivity index (χ2v) is 8.26. The van der Waals surface area contributed by atoms with Gasteiger partial charge < -0.3 is 23.5 Å². The molecule has 0 bridgehead atoms. The summed E-state index contributed by atoms with van der Waals surface area (Å²) in [6.45, 7) is 3.77. The molecule has 0 spiro atoms. The molecule has 0 amide bonds. The van der Waals surface area contributed by atoms with Crippen LogP contribution in [-0.4, -0.2) is 59.1 Å². The van der Waals surface area contributed by atoms with Crippen LogP contribution in [0.15, 0.2) is 48.5 Å². The van der Waals surface area contributed by atoms with Gasteiger partial charge in [-0.15, -0.1) is 0 Å². The van der Waals surface area contributed by atoms with E-state index < -0.39 is 5.97 Å². The second-order valence-electron chi connectivity index (χ2n) is 8.26. The fourth-order valence-electron chi connectivity index (χ4n) is 4.28. The number of imidazole rings is 1. The molecule has 8 nitrogen and oxygen atoms in total. The predicted octanol–water partition coefficient (Wildman–Crippen LogP) is 2.84. The van der Waals surface area contributed by atoms with Gasteiger partial charge in [0.1, 0.15) is 5.75 Å². The van der Waals surface area contributed by atoms with E-state index in [0.717, 1.165) is 37.2 Å². The topological polar surface area (TPSA) is 89.5 Å². The van der Waals surface area contributed by atoms with Gasteiger partial charge >= 0.3 is 5.97 Å². The molecule has 0 atom stereocenters. The Bertz CT molecular complexity index is 1170. The van der Waals surface area contributed by atoms with Crippen LogP contribution in [-0.2, 0) is 22.6 Å². The molecule has 33 heavy (non-hydrogen) atoms. The number of fused-ring (bicyclic) bond motifs is 1. The minimum atomic E-state index is -0.466. The predicted molar refractivity (Wildman–Crippen MR) is 124 cm³/mol. The van der Waals surface area contributed by atoms with Crippen molar-refractivity contribution in [2.24, 2.45) is 0 Å². The number of aromatic nitrogens is 2. The molecule has 0 radical (unpaired) electrons. The third-order valence-corrected chi connectivity index (χ3v) is 6.13. The van der Waals surface area contributed by atoms with Gasteiger partial charge in [0.05, 0.1) is 24.7 Å². The van der Waals surface area contributed by atoms with Crippen molar-refractivity contribution in [3.8, 4) is 5.75 Å². The van der Waals surface area contributed by atoms with E-state index in [1.807, 2.05) is 28.8 Å². The van der Waals surface area contributed by atoms with Gasteiger partial charge in [-0.05, 0) is 62.3 Å². The van der Waals surface area contributed by atoms with Crippen molar-refractivity contribution < 1.29 is 19.1 Å². The summed E-state index contributed by atoms with van der Waals surface area (Å²) in [4.78, 5) is 26.7. The van der Waals surface area contributed by atoms with Crippen LogP contribution >= 0.6 is 0 Å². The lowest BCUT2D eigenvalue weighted by molar-refractivity contribution is -0.142. The van der Waals surface area contributed by atoms with Crippen molar-refractivity contribution >= 4 is 22.8 Å². The number of nitrogens with one attached hydrogen (secondary N) is 1. The van der Waals surface area contributed by atoms with Gasteiger partial charge in [0.15, 0.2) is 12.4 Å². The lowest BCUT2D eigenvalue weighted by atomic mass is 10.1. The molecular weight excluding hydrogens is 420 g/mol. The molecule has 1 saturated heterocycles. The molecule has 2 aromatic carbocycles. The van der Waals surface area contributed by atoms with Crippen LogP contribution in [0.25, 0.3) is 11.0 Å². The number of para-hydroxylation sites is 2. The summed E-state index contributed by atoms with van der Waals surface area (Å²) in [6.07, 6.45) is 3.77. The van der Waals surface area contributed by atoms with E-state index in [-0.39, 0.29) is 18.9 Å². The van der Waals surface area contributed by atoms with Crippen molar-refractivity contribution in [1.82, 2.24) is 14.0 Å². The standard InChI is InChI=1S/C25H30N4O4/c1-32-24(31)18-33-20-11-9-19(10-12-20)23(30)17-29-22-8-4-3-7-21(22)28(25(29)26)16-15-27-13-5-2-6-14-27/h3-4,7-12,26H,2,5-6,13-18H2,1H3. The third kappa shape index (κ3) is 5.34. The largest absolute Gasteiger partial charge is 0.482 e. The minimum absolute atomic E-state index is 0.0818. The van der Waals surface area contributed by atoms with Crippen LogP contribution in [0, 0.1) is 5.41 Å². The molecule has 0 saturated carbocycles. The first-order valence-corrected chi connectivity index (χ1v) is 11.3. The number of benzene rings is 2. The smallest absolute Gasteiger partial charge is 0.343 e. The lowest BCUT2D eigenvalue weighted by Gasteiger charge is -2.26. The highest BCUT2D eigenvalue weighted by molar-refractivity contribution is 5.96. The highest BCUT2D eigenvalue weighted by atomic mass is 16.6. The zero-order valence-electron chi connectivity index (χ0n) is 19.0. The molecule has 0 aliphatic carbocycles. The van der Waals surface area contributed by atoms with Crippen LogP contribution in [0.1, 0.15) is 29.6 Å². The summed E-state index contributed by atoms with van der Waals surface area (Å²) >= 11 is 0. The van der Waals surface area contributed by atoms with E-state index in [9.17, 15) is 9.59 Å². The van der Waals surface area contributed by atoms with E-state index in [0.29, 0.717) is 16.9 Å². The molecule has 3 aromatic rings. The third-order valence-electron chi connectivity index (χ3n) is 6.13. The second kappa shape index (κ2) is 10.5. The summed E-state index contributed by atoms with van der Waals surface area (Å²) in [5.74, 6) is -0.0711. The molecule has 1 fully saturated rings. The Kier molecular flexibility index (Phi) is 7.24. The zero-order chi connectivity index (χ0) is 23.2. The molecule has 8 heteroatoms. The van der Waals surface area contributed by atoms with Gasteiger partial charge in [0.25, 0.3) is 0 Å². The van der Waals surface area contributed by atoms with Crippen LogP contribution in [0.4, 0.5) is 0 Å². The number of nitrogens with zero attached hydrogens (tertiary/aromatic N) is 3. The van der Waals surface area contributed by atoms with E-state index in [4.69, 9.17) is 10.1 Å². The number of piperidine rings is 1. The van der Waals surface area contributed by atoms with Crippen LogP contribution < -0.4 is 10.4 Å².